The minimum absolute atomic E-state index is 0.0231. The SMILES string of the molecule is CCC(=O)OC1CCC2(C)C(C=CC3C2CCC2(C)C(CCCCC(C)C)CCC32)C1. The Bertz CT molecular complexity index is 666. The topological polar surface area (TPSA) is 26.3 Å². The van der Waals surface area contributed by atoms with E-state index in [9.17, 15) is 4.79 Å². The number of carbonyl (C=O) groups is 1. The van der Waals surface area contributed by atoms with E-state index in [1.54, 1.807) is 0 Å². The van der Waals surface area contributed by atoms with Crippen LogP contribution < -0.4 is 0 Å². The van der Waals surface area contributed by atoms with E-state index in [4.69, 9.17) is 4.74 Å². The van der Waals surface area contributed by atoms with E-state index in [1.165, 1.54) is 57.8 Å². The smallest absolute Gasteiger partial charge is 0.305 e. The molecule has 0 saturated heterocycles. The van der Waals surface area contributed by atoms with Crippen molar-refractivity contribution < 1.29 is 9.53 Å². The fourth-order valence-electron chi connectivity index (χ4n) is 8.48. The van der Waals surface area contributed by atoms with Gasteiger partial charge in [0.2, 0.25) is 0 Å². The first kappa shape index (κ1) is 23.4. The molecule has 0 heterocycles. The third-order valence-electron chi connectivity index (χ3n) is 10.5. The molecule has 2 heteroatoms. The van der Waals surface area contributed by atoms with Gasteiger partial charge in [0.05, 0.1) is 0 Å². The highest BCUT2D eigenvalue weighted by Crippen LogP contribution is 2.66. The number of hydrogen-bond acceptors (Lipinski definition) is 2. The van der Waals surface area contributed by atoms with Crippen LogP contribution in [0, 0.1) is 46.3 Å². The molecule has 0 aromatic rings. The van der Waals surface area contributed by atoms with Crippen molar-refractivity contribution in [1.82, 2.24) is 0 Å². The maximum atomic E-state index is 11.8. The quantitative estimate of drug-likeness (QED) is 0.233. The van der Waals surface area contributed by atoms with Crippen LogP contribution in [-0.2, 0) is 9.53 Å². The zero-order valence-electron chi connectivity index (χ0n) is 21.0. The lowest BCUT2D eigenvalue weighted by molar-refractivity contribution is -0.155. The van der Waals surface area contributed by atoms with Gasteiger partial charge in [-0.3, -0.25) is 4.79 Å². The maximum absolute atomic E-state index is 11.8. The average molecular weight is 429 g/mol. The third kappa shape index (κ3) is 4.39. The van der Waals surface area contributed by atoms with Crippen LogP contribution in [0.2, 0.25) is 0 Å². The van der Waals surface area contributed by atoms with Crippen LogP contribution in [0.1, 0.15) is 112 Å². The van der Waals surface area contributed by atoms with Crippen molar-refractivity contribution in [2.24, 2.45) is 46.3 Å². The first-order valence-electron chi connectivity index (χ1n) is 13.7. The molecule has 3 fully saturated rings. The molecule has 3 saturated carbocycles. The molecule has 0 spiro atoms. The zero-order valence-corrected chi connectivity index (χ0v) is 21.0. The monoisotopic (exact) mass is 428 g/mol. The summed E-state index contributed by atoms with van der Waals surface area (Å²) in [4.78, 5) is 11.8. The lowest BCUT2D eigenvalue weighted by Crippen LogP contribution is -2.52. The maximum Gasteiger partial charge on any atom is 0.305 e. The summed E-state index contributed by atoms with van der Waals surface area (Å²) in [5, 5.41) is 0. The molecule has 0 aromatic carbocycles. The number of rotatable bonds is 7. The molecule has 0 amide bonds. The fraction of sp³-hybridized carbons (Fsp3) is 0.897. The first-order valence-corrected chi connectivity index (χ1v) is 13.7. The van der Waals surface area contributed by atoms with Gasteiger partial charge in [-0.25, -0.2) is 0 Å². The minimum Gasteiger partial charge on any atom is -0.462 e. The molecule has 0 N–H and O–H groups in total. The molecule has 0 bridgehead atoms. The highest BCUT2D eigenvalue weighted by molar-refractivity contribution is 5.69. The third-order valence-corrected chi connectivity index (χ3v) is 10.5. The second kappa shape index (κ2) is 9.22. The average Bonchev–Trinajstić information content (AvgIpc) is 3.07. The normalized spacial score (nSPS) is 43.9. The Kier molecular flexibility index (Phi) is 6.95. The molecule has 0 aliphatic heterocycles. The van der Waals surface area contributed by atoms with Gasteiger partial charge in [-0.05, 0) is 97.7 Å². The summed E-state index contributed by atoms with van der Waals surface area (Å²) in [5.74, 6) is 4.89. The van der Waals surface area contributed by atoms with Gasteiger partial charge in [0.25, 0.3) is 0 Å². The number of ether oxygens (including phenoxy) is 1. The molecule has 31 heavy (non-hydrogen) atoms. The van der Waals surface area contributed by atoms with E-state index in [0.717, 1.165) is 42.4 Å². The van der Waals surface area contributed by atoms with Crippen LogP contribution in [0.15, 0.2) is 12.2 Å². The number of esters is 1. The summed E-state index contributed by atoms with van der Waals surface area (Å²) in [7, 11) is 0. The second-order valence-corrected chi connectivity index (χ2v) is 12.5. The summed E-state index contributed by atoms with van der Waals surface area (Å²) in [5.41, 5.74) is 0.978. The van der Waals surface area contributed by atoms with Gasteiger partial charge in [0.15, 0.2) is 0 Å². The summed E-state index contributed by atoms with van der Waals surface area (Å²) in [6.45, 7) is 11.9. The van der Waals surface area contributed by atoms with E-state index in [1.807, 2.05) is 6.92 Å². The predicted molar refractivity (Wildman–Crippen MR) is 129 cm³/mol. The first-order chi connectivity index (χ1) is 14.8. The Morgan fingerprint density at radius 2 is 1.74 bits per heavy atom. The largest absolute Gasteiger partial charge is 0.462 e. The van der Waals surface area contributed by atoms with Gasteiger partial charge in [0, 0.05) is 6.42 Å². The van der Waals surface area contributed by atoms with Gasteiger partial charge in [-0.2, -0.15) is 0 Å². The van der Waals surface area contributed by atoms with E-state index < -0.39 is 0 Å². The van der Waals surface area contributed by atoms with E-state index in [0.29, 0.717) is 23.2 Å². The molecule has 8 atom stereocenters. The number of carbonyl (C=O) groups excluding carboxylic acids is 1. The van der Waals surface area contributed by atoms with Crippen molar-refractivity contribution in [3.8, 4) is 0 Å². The molecule has 2 nitrogen and oxygen atoms in total. The van der Waals surface area contributed by atoms with Crippen LogP contribution in [0.4, 0.5) is 0 Å². The molecule has 4 aliphatic rings. The molecule has 8 unspecified atom stereocenters. The number of unbranched alkanes of at least 4 members (excludes halogenated alkanes) is 1. The molecular formula is C29H48O2. The van der Waals surface area contributed by atoms with Crippen LogP contribution >= 0.6 is 0 Å². The van der Waals surface area contributed by atoms with Gasteiger partial charge in [-0.15, -0.1) is 0 Å². The Morgan fingerprint density at radius 1 is 1.00 bits per heavy atom. The van der Waals surface area contributed by atoms with E-state index >= 15 is 0 Å². The minimum atomic E-state index is -0.0231. The molecule has 0 aromatic heterocycles. The van der Waals surface area contributed by atoms with Gasteiger partial charge in [-0.1, -0.05) is 66.0 Å². The Hall–Kier alpha value is -0.790. The van der Waals surface area contributed by atoms with Gasteiger partial charge >= 0.3 is 5.97 Å². The lowest BCUT2D eigenvalue weighted by Gasteiger charge is -2.59. The van der Waals surface area contributed by atoms with Gasteiger partial charge < -0.3 is 4.74 Å². The van der Waals surface area contributed by atoms with Gasteiger partial charge in [0.1, 0.15) is 6.10 Å². The zero-order chi connectivity index (χ0) is 22.2. The van der Waals surface area contributed by atoms with E-state index in [-0.39, 0.29) is 12.1 Å². The molecular weight excluding hydrogens is 380 g/mol. The fourth-order valence-corrected chi connectivity index (χ4v) is 8.48. The number of hydrogen-bond donors (Lipinski definition) is 0. The Morgan fingerprint density at radius 3 is 2.48 bits per heavy atom. The van der Waals surface area contributed by atoms with E-state index in [2.05, 4.69) is 39.8 Å². The standard InChI is InChI=1S/C29H48O2/c1-6-27(30)31-23-15-17-29(5)22(19-23)11-13-24-25-14-12-21(10-8-7-9-20(2)3)28(25,4)18-16-26(24)29/h11,13,20-26H,6-10,12,14-19H2,1-5H3. The molecule has 0 radical (unpaired) electrons. The van der Waals surface area contributed by atoms with Crippen molar-refractivity contribution in [3.05, 3.63) is 12.2 Å². The predicted octanol–water partition coefficient (Wildman–Crippen LogP) is 7.96. The number of allylic oxidation sites excluding steroid dienone is 2. The molecule has 4 aliphatic carbocycles. The summed E-state index contributed by atoms with van der Waals surface area (Å²) < 4.78 is 5.76. The summed E-state index contributed by atoms with van der Waals surface area (Å²) >= 11 is 0. The van der Waals surface area contributed by atoms with Crippen molar-refractivity contribution in [2.75, 3.05) is 0 Å². The summed E-state index contributed by atoms with van der Waals surface area (Å²) in [6.07, 6.45) is 20.7. The lowest BCUT2D eigenvalue weighted by atomic mass is 9.46. The van der Waals surface area contributed by atoms with Crippen LogP contribution in [0.25, 0.3) is 0 Å². The molecule has 176 valence electrons. The van der Waals surface area contributed by atoms with Crippen molar-refractivity contribution in [3.63, 3.8) is 0 Å². The van der Waals surface area contributed by atoms with Crippen LogP contribution in [0.5, 0.6) is 0 Å². The Labute approximate surface area is 192 Å². The summed E-state index contributed by atoms with van der Waals surface area (Å²) in [6, 6.07) is 0. The number of fused-ring (bicyclic) bond motifs is 5. The highest BCUT2D eigenvalue weighted by Gasteiger charge is 2.58. The molecule has 4 rings (SSSR count). The van der Waals surface area contributed by atoms with Crippen molar-refractivity contribution >= 4 is 5.97 Å². The highest BCUT2D eigenvalue weighted by atomic mass is 16.5. The van der Waals surface area contributed by atoms with Crippen molar-refractivity contribution in [2.45, 2.75) is 118 Å². The Balaban J connectivity index is 1.42. The second-order valence-electron chi connectivity index (χ2n) is 12.5. The van der Waals surface area contributed by atoms with Crippen molar-refractivity contribution in [1.29, 1.82) is 0 Å². The van der Waals surface area contributed by atoms with Crippen LogP contribution in [0.3, 0.4) is 0 Å². The van der Waals surface area contributed by atoms with Crippen LogP contribution in [-0.4, -0.2) is 12.1 Å².